The number of anilines is 1. The summed E-state index contributed by atoms with van der Waals surface area (Å²) in [4.78, 5) is 23.0. The van der Waals surface area contributed by atoms with Gasteiger partial charge in [-0.25, -0.2) is 4.79 Å². The Bertz CT molecular complexity index is 530. The van der Waals surface area contributed by atoms with Gasteiger partial charge in [0.1, 0.15) is 6.10 Å². The first-order valence-corrected chi connectivity index (χ1v) is 6.65. The van der Waals surface area contributed by atoms with E-state index in [0.717, 1.165) is 22.4 Å². The number of aryl methyl sites for hydroxylation is 3. The molecular formula is C15H19NO4. The van der Waals surface area contributed by atoms with Crippen LogP contribution in [0, 0.1) is 20.8 Å². The highest BCUT2D eigenvalue weighted by Gasteiger charge is 2.34. The Hall–Kier alpha value is -1.88. The predicted molar refractivity (Wildman–Crippen MR) is 74.8 cm³/mol. The molecule has 2 N–H and O–H groups in total. The number of benzene rings is 1. The number of hydrogen-bond donors (Lipinski definition) is 2. The third-order valence-electron chi connectivity index (χ3n) is 3.51. The highest BCUT2D eigenvalue weighted by molar-refractivity contribution is 5.96. The average Bonchev–Trinajstić information content (AvgIpc) is 2.83. The third-order valence-corrected chi connectivity index (χ3v) is 3.51. The van der Waals surface area contributed by atoms with E-state index in [9.17, 15) is 9.59 Å². The van der Waals surface area contributed by atoms with E-state index in [4.69, 9.17) is 9.84 Å². The molecule has 5 nitrogen and oxygen atoms in total. The molecule has 1 aromatic carbocycles. The van der Waals surface area contributed by atoms with Gasteiger partial charge in [0.05, 0.1) is 0 Å². The van der Waals surface area contributed by atoms with Crippen molar-refractivity contribution in [2.24, 2.45) is 0 Å². The second kappa shape index (κ2) is 5.63. The number of hydrogen-bond acceptors (Lipinski definition) is 3. The Balaban J connectivity index is 2.08. The zero-order valence-electron chi connectivity index (χ0n) is 11.9. The first-order valence-electron chi connectivity index (χ1n) is 6.65. The van der Waals surface area contributed by atoms with Crippen molar-refractivity contribution in [2.45, 2.75) is 45.8 Å². The molecule has 1 fully saturated rings. The standard InChI is InChI=1S/C15H19NO4/c1-8-6-9(2)13(10(3)7-8)16-14(17)11-4-5-12(20-11)15(18)19/h6-7,11-12H,4-5H2,1-3H3,(H,16,17)(H,18,19)/t11-,12+/m0/s1. The molecule has 0 radical (unpaired) electrons. The summed E-state index contributed by atoms with van der Waals surface area (Å²) >= 11 is 0. The zero-order valence-corrected chi connectivity index (χ0v) is 11.9. The molecule has 0 spiro atoms. The van der Waals surface area contributed by atoms with E-state index in [0.29, 0.717) is 12.8 Å². The fourth-order valence-corrected chi connectivity index (χ4v) is 2.59. The molecule has 0 unspecified atom stereocenters. The molecule has 2 atom stereocenters. The van der Waals surface area contributed by atoms with Crippen molar-refractivity contribution in [1.29, 1.82) is 0 Å². The molecule has 0 saturated carbocycles. The molecule has 1 aromatic rings. The Morgan fingerprint density at radius 3 is 2.20 bits per heavy atom. The minimum Gasteiger partial charge on any atom is -0.479 e. The normalized spacial score (nSPS) is 21.8. The summed E-state index contributed by atoms with van der Waals surface area (Å²) in [5, 5.41) is 11.7. The van der Waals surface area contributed by atoms with Gasteiger partial charge in [-0.1, -0.05) is 17.7 Å². The topological polar surface area (TPSA) is 75.6 Å². The third kappa shape index (κ3) is 2.99. The number of rotatable bonds is 3. The van der Waals surface area contributed by atoms with Gasteiger partial charge >= 0.3 is 5.97 Å². The summed E-state index contributed by atoms with van der Waals surface area (Å²) in [6, 6.07) is 4.00. The van der Waals surface area contributed by atoms with Gasteiger partial charge in [0.15, 0.2) is 6.10 Å². The smallest absolute Gasteiger partial charge is 0.332 e. The highest BCUT2D eigenvalue weighted by atomic mass is 16.5. The van der Waals surface area contributed by atoms with Gasteiger partial charge < -0.3 is 15.2 Å². The lowest BCUT2D eigenvalue weighted by Crippen LogP contribution is -2.30. The number of aliphatic carboxylic acids is 1. The maximum absolute atomic E-state index is 12.1. The molecule has 5 heteroatoms. The lowest BCUT2D eigenvalue weighted by molar-refractivity contribution is -0.150. The highest BCUT2D eigenvalue weighted by Crippen LogP contribution is 2.25. The van der Waals surface area contributed by atoms with E-state index in [-0.39, 0.29) is 5.91 Å². The molecule has 1 heterocycles. The van der Waals surface area contributed by atoms with Gasteiger partial charge in [-0.05, 0) is 44.7 Å². The molecule has 0 aromatic heterocycles. The molecule has 20 heavy (non-hydrogen) atoms. The number of carbonyl (C=O) groups excluding carboxylic acids is 1. The summed E-state index contributed by atoms with van der Waals surface area (Å²) in [5.41, 5.74) is 3.90. The van der Waals surface area contributed by atoms with Crippen LogP contribution < -0.4 is 5.32 Å². The summed E-state index contributed by atoms with van der Waals surface area (Å²) in [5.74, 6) is -1.29. The van der Waals surface area contributed by atoms with Gasteiger partial charge in [0, 0.05) is 5.69 Å². The van der Waals surface area contributed by atoms with Crippen LogP contribution >= 0.6 is 0 Å². The van der Waals surface area contributed by atoms with Gasteiger partial charge in [-0.3, -0.25) is 4.79 Å². The lowest BCUT2D eigenvalue weighted by Gasteiger charge is -2.16. The van der Waals surface area contributed by atoms with Crippen LogP contribution in [-0.4, -0.2) is 29.2 Å². The van der Waals surface area contributed by atoms with Crippen molar-refractivity contribution in [1.82, 2.24) is 0 Å². The average molecular weight is 277 g/mol. The fourth-order valence-electron chi connectivity index (χ4n) is 2.59. The SMILES string of the molecule is Cc1cc(C)c(NC(=O)[C@@H]2CC[C@H](C(=O)O)O2)c(C)c1. The van der Waals surface area contributed by atoms with Crippen LogP contribution in [0.3, 0.4) is 0 Å². The largest absolute Gasteiger partial charge is 0.479 e. The van der Waals surface area contributed by atoms with E-state index in [1.54, 1.807) is 0 Å². The van der Waals surface area contributed by atoms with Crippen molar-refractivity contribution < 1.29 is 19.4 Å². The second-order valence-corrected chi connectivity index (χ2v) is 5.29. The monoisotopic (exact) mass is 277 g/mol. The number of ether oxygens (including phenoxy) is 1. The Labute approximate surface area is 117 Å². The maximum Gasteiger partial charge on any atom is 0.332 e. The van der Waals surface area contributed by atoms with Gasteiger partial charge in [0.2, 0.25) is 0 Å². The van der Waals surface area contributed by atoms with Crippen LogP contribution in [0.4, 0.5) is 5.69 Å². The number of nitrogens with one attached hydrogen (secondary N) is 1. The quantitative estimate of drug-likeness (QED) is 0.888. The van der Waals surface area contributed by atoms with Crippen LogP contribution in [0.1, 0.15) is 29.5 Å². The number of amides is 1. The van der Waals surface area contributed by atoms with Crippen molar-refractivity contribution in [3.8, 4) is 0 Å². The van der Waals surface area contributed by atoms with E-state index in [1.165, 1.54) is 0 Å². The maximum atomic E-state index is 12.1. The van der Waals surface area contributed by atoms with Crippen LogP contribution in [0.15, 0.2) is 12.1 Å². The van der Waals surface area contributed by atoms with E-state index in [2.05, 4.69) is 5.32 Å². The summed E-state index contributed by atoms with van der Waals surface area (Å²) in [7, 11) is 0. The first-order chi connectivity index (χ1) is 9.38. The molecule has 1 saturated heterocycles. The predicted octanol–water partition coefficient (Wildman–Crippen LogP) is 2.18. The molecule has 108 valence electrons. The van der Waals surface area contributed by atoms with Crippen molar-refractivity contribution in [2.75, 3.05) is 5.32 Å². The molecule has 2 rings (SSSR count). The Kier molecular flexibility index (Phi) is 4.09. The fraction of sp³-hybridized carbons (Fsp3) is 0.467. The molecule has 0 aliphatic carbocycles. The van der Waals surface area contributed by atoms with Crippen molar-refractivity contribution in [3.05, 3.63) is 28.8 Å². The van der Waals surface area contributed by atoms with E-state index < -0.39 is 18.2 Å². The molecule has 0 bridgehead atoms. The molecule has 1 amide bonds. The van der Waals surface area contributed by atoms with Crippen LogP contribution in [0.25, 0.3) is 0 Å². The van der Waals surface area contributed by atoms with Crippen molar-refractivity contribution >= 4 is 17.6 Å². The summed E-state index contributed by atoms with van der Waals surface area (Å²) < 4.78 is 5.25. The van der Waals surface area contributed by atoms with Crippen molar-refractivity contribution in [3.63, 3.8) is 0 Å². The first kappa shape index (κ1) is 14.5. The molecule has 1 aliphatic rings. The zero-order chi connectivity index (χ0) is 14.9. The van der Waals surface area contributed by atoms with Gasteiger partial charge in [-0.2, -0.15) is 0 Å². The molecule has 1 aliphatic heterocycles. The minimum absolute atomic E-state index is 0.274. The summed E-state index contributed by atoms with van der Waals surface area (Å²) in [6.45, 7) is 5.87. The lowest BCUT2D eigenvalue weighted by atomic mass is 10.0. The molecular weight excluding hydrogens is 258 g/mol. The van der Waals surface area contributed by atoms with Crippen LogP contribution in [-0.2, 0) is 14.3 Å². The number of carboxylic acids is 1. The second-order valence-electron chi connectivity index (χ2n) is 5.29. The van der Waals surface area contributed by atoms with Gasteiger partial charge in [0.25, 0.3) is 5.91 Å². The van der Waals surface area contributed by atoms with Crippen LogP contribution in [0.5, 0.6) is 0 Å². The number of carboxylic acid groups (broad SMARTS) is 1. The summed E-state index contributed by atoms with van der Waals surface area (Å²) in [6.07, 6.45) is -0.742. The van der Waals surface area contributed by atoms with E-state index >= 15 is 0 Å². The minimum atomic E-state index is -1.01. The Morgan fingerprint density at radius 2 is 1.70 bits per heavy atom. The number of carbonyl (C=O) groups is 2. The Morgan fingerprint density at radius 1 is 1.15 bits per heavy atom. The van der Waals surface area contributed by atoms with Gasteiger partial charge in [-0.15, -0.1) is 0 Å². The van der Waals surface area contributed by atoms with E-state index in [1.807, 2.05) is 32.9 Å². The van der Waals surface area contributed by atoms with Crippen LogP contribution in [0.2, 0.25) is 0 Å².